The smallest absolute Gasteiger partial charge is 0 e. The molecule has 0 fully saturated rings. The Morgan fingerprint density at radius 3 is 1.79 bits per heavy atom. The molecule has 3 heteroatoms. The van der Waals surface area contributed by atoms with E-state index in [4.69, 9.17) is 0 Å². The van der Waals surface area contributed by atoms with E-state index >= 15 is 0 Å². The molecule has 82 valence electrons. The summed E-state index contributed by atoms with van der Waals surface area (Å²) >= 11 is 0. The van der Waals surface area contributed by atoms with E-state index < -0.39 is 0 Å². The Hall–Kier alpha value is -0.271. The first-order valence-electron chi connectivity index (χ1n) is 4.72. The van der Waals surface area contributed by atoms with Crippen LogP contribution in [0.4, 0.5) is 0 Å². The van der Waals surface area contributed by atoms with Gasteiger partial charge >= 0.3 is 0 Å². The summed E-state index contributed by atoms with van der Waals surface area (Å²) in [5.41, 5.74) is 2.38. The van der Waals surface area contributed by atoms with Crippen molar-refractivity contribution in [2.45, 2.75) is 52.4 Å². The molecule has 14 heavy (non-hydrogen) atoms. The molecule has 0 saturated carbocycles. The third-order valence-corrected chi connectivity index (χ3v) is 2.08. The molecule has 2 nitrogen and oxygen atoms in total. The van der Waals surface area contributed by atoms with Gasteiger partial charge in [-0.05, 0) is 0 Å². The van der Waals surface area contributed by atoms with Crippen molar-refractivity contribution in [2.75, 3.05) is 0 Å². The van der Waals surface area contributed by atoms with E-state index in [1.54, 1.807) is 0 Å². The molecule has 1 heterocycles. The van der Waals surface area contributed by atoms with Gasteiger partial charge in [0.05, 0.1) is 0 Å². The van der Waals surface area contributed by atoms with E-state index in [-0.39, 0.29) is 27.9 Å². The topological polar surface area (TPSA) is 25.8 Å². The van der Waals surface area contributed by atoms with Crippen LogP contribution in [0, 0.1) is 0 Å². The van der Waals surface area contributed by atoms with Gasteiger partial charge in [-0.2, -0.15) is 6.07 Å². The van der Waals surface area contributed by atoms with Crippen molar-refractivity contribution in [3.63, 3.8) is 0 Å². The summed E-state index contributed by atoms with van der Waals surface area (Å²) in [6.45, 7) is 12.9. The number of hydrogen-bond donors (Lipinski definition) is 0. The van der Waals surface area contributed by atoms with E-state index in [1.165, 1.54) is 0 Å². The fourth-order valence-corrected chi connectivity index (χ4v) is 1.03. The minimum absolute atomic E-state index is 0. The molecule has 0 aliphatic rings. The van der Waals surface area contributed by atoms with Crippen molar-refractivity contribution >= 4 is 0 Å². The molecule has 0 spiro atoms. The van der Waals surface area contributed by atoms with E-state index in [9.17, 15) is 0 Å². The summed E-state index contributed by atoms with van der Waals surface area (Å²) in [4.78, 5) is 0. The minimum Gasteiger partial charge on any atom is -0.272 e. The van der Waals surface area contributed by atoms with Gasteiger partial charge in [0.1, 0.15) is 0 Å². The summed E-state index contributed by atoms with van der Waals surface area (Å²) in [5.74, 6) is 0. The van der Waals surface area contributed by atoms with Crippen molar-refractivity contribution in [3.05, 3.63) is 17.5 Å². The third kappa shape index (κ3) is 3.14. The molecule has 0 aliphatic carbocycles. The standard InChI is InChI=1S/C11H19N2.Fe/c1-10(2,3)8-7-9(13-12-8)11(4,5)6;/h7H,1-6H3;/q-1;. The average Bonchev–Trinajstić information content (AvgIpc) is 2.28. The quantitative estimate of drug-likeness (QED) is 0.510. The Kier molecular flexibility index (Phi) is 4.00. The zero-order valence-corrected chi connectivity index (χ0v) is 10.9. The monoisotopic (exact) mass is 235 g/mol. The molecule has 0 saturated heterocycles. The Morgan fingerprint density at radius 2 is 1.57 bits per heavy atom. The molecule has 0 bridgehead atoms. The summed E-state index contributed by atoms with van der Waals surface area (Å²) in [6, 6.07) is 2.11. The summed E-state index contributed by atoms with van der Waals surface area (Å²) in [6.07, 6.45) is 0. The first-order valence-corrected chi connectivity index (χ1v) is 4.72. The predicted octanol–water partition coefficient (Wildman–Crippen LogP) is 2.79. The molecular weight excluding hydrogens is 216 g/mol. The van der Waals surface area contributed by atoms with Crippen LogP contribution in [0.1, 0.15) is 52.9 Å². The second-order valence-corrected chi connectivity index (χ2v) is 5.61. The molecule has 0 unspecified atom stereocenters. The fourth-order valence-electron chi connectivity index (χ4n) is 1.03. The van der Waals surface area contributed by atoms with Crippen molar-refractivity contribution < 1.29 is 17.1 Å². The third-order valence-electron chi connectivity index (χ3n) is 2.08. The molecule has 1 aromatic heterocycles. The number of aromatic nitrogens is 2. The first kappa shape index (κ1) is 13.7. The molecule has 0 atom stereocenters. The summed E-state index contributed by atoms with van der Waals surface area (Å²) in [5, 5.41) is 8.41. The predicted molar refractivity (Wildman–Crippen MR) is 55.0 cm³/mol. The maximum Gasteiger partial charge on any atom is 0 e. The normalized spacial score (nSPS) is 12.4. The number of hydrogen-bond acceptors (Lipinski definition) is 2. The van der Waals surface area contributed by atoms with Crippen molar-refractivity contribution in [1.82, 2.24) is 10.2 Å². The molecule has 1 aromatic rings. The molecule has 0 radical (unpaired) electrons. The largest absolute Gasteiger partial charge is 0.272 e. The van der Waals surface area contributed by atoms with Crippen LogP contribution in [-0.4, -0.2) is 10.2 Å². The minimum atomic E-state index is 0. The van der Waals surface area contributed by atoms with Gasteiger partial charge in [0.25, 0.3) is 0 Å². The molecule has 0 aliphatic heterocycles. The van der Waals surface area contributed by atoms with E-state index in [0.29, 0.717) is 0 Å². The van der Waals surface area contributed by atoms with Crippen molar-refractivity contribution in [3.8, 4) is 0 Å². The maximum absolute atomic E-state index is 4.20. The number of nitrogens with zero attached hydrogens (tertiary/aromatic N) is 2. The van der Waals surface area contributed by atoms with Crippen LogP contribution < -0.4 is 0 Å². The molecule has 0 aromatic carbocycles. The van der Waals surface area contributed by atoms with Crippen LogP contribution in [0.2, 0.25) is 0 Å². The Labute approximate surface area is 97.3 Å². The fraction of sp³-hybridized carbons (Fsp3) is 0.727. The average molecular weight is 235 g/mol. The zero-order valence-electron chi connectivity index (χ0n) is 9.83. The molecular formula is C11H19FeN2-. The van der Waals surface area contributed by atoms with Gasteiger partial charge in [0.2, 0.25) is 0 Å². The van der Waals surface area contributed by atoms with E-state index in [0.717, 1.165) is 11.4 Å². The van der Waals surface area contributed by atoms with Crippen LogP contribution in [0.3, 0.4) is 0 Å². The second-order valence-electron chi connectivity index (χ2n) is 5.61. The van der Waals surface area contributed by atoms with Gasteiger partial charge in [-0.3, -0.25) is 10.2 Å². The Morgan fingerprint density at radius 1 is 1.07 bits per heavy atom. The number of rotatable bonds is 0. The van der Waals surface area contributed by atoms with Gasteiger partial charge in [-0.1, -0.05) is 63.8 Å². The maximum atomic E-state index is 4.20. The van der Waals surface area contributed by atoms with Crippen molar-refractivity contribution in [1.29, 1.82) is 0 Å². The van der Waals surface area contributed by atoms with Gasteiger partial charge < -0.3 is 0 Å². The van der Waals surface area contributed by atoms with Crippen LogP contribution in [-0.2, 0) is 27.9 Å². The Balaban J connectivity index is 0.00000169. The summed E-state index contributed by atoms with van der Waals surface area (Å²) in [7, 11) is 0. The van der Waals surface area contributed by atoms with Crippen LogP contribution in [0.25, 0.3) is 0 Å². The van der Waals surface area contributed by atoms with Gasteiger partial charge in [-0.25, -0.2) is 0 Å². The molecule has 0 N–H and O–H groups in total. The van der Waals surface area contributed by atoms with Gasteiger partial charge in [-0.15, -0.1) is 0 Å². The Bertz CT molecular complexity index is 260. The van der Waals surface area contributed by atoms with E-state index in [2.05, 4.69) is 57.8 Å². The van der Waals surface area contributed by atoms with Gasteiger partial charge in [0, 0.05) is 17.1 Å². The van der Waals surface area contributed by atoms with E-state index in [1.807, 2.05) is 0 Å². The first-order chi connectivity index (χ1) is 5.71. The zero-order chi connectivity index (χ0) is 10.3. The SMILES string of the molecule is CC(C)(C)c1c[c-](C(C)(C)C)nn1.[Fe]. The molecule has 1 rings (SSSR count). The second kappa shape index (κ2) is 4.08. The van der Waals surface area contributed by atoms with Crippen LogP contribution >= 0.6 is 0 Å². The van der Waals surface area contributed by atoms with Gasteiger partial charge in [0.15, 0.2) is 0 Å². The molecule has 0 amide bonds. The van der Waals surface area contributed by atoms with Crippen molar-refractivity contribution in [2.24, 2.45) is 0 Å². The summed E-state index contributed by atoms with van der Waals surface area (Å²) < 4.78 is 0. The van der Waals surface area contributed by atoms with Crippen LogP contribution in [0.5, 0.6) is 0 Å². The van der Waals surface area contributed by atoms with Crippen LogP contribution in [0.15, 0.2) is 6.07 Å².